The van der Waals surface area contributed by atoms with Crippen molar-refractivity contribution < 1.29 is 5.11 Å². The number of benzene rings is 1. The summed E-state index contributed by atoms with van der Waals surface area (Å²) in [6, 6.07) is 8.34. The first-order valence-electron chi connectivity index (χ1n) is 6.45. The molecular formula is C15H16N4O. The third-order valence-electron chi connectivity index (χ3n) is 3.21. The van der Waals surface area contributed by atoms with Crippen LogP contribution >= 0.6 is 0 Å². The largest absolute Gasteiger partial charge is 0.392 e. The normalized spacial score (nSPS) is 10.9. The Bertz CT molecular complexity index is 697. The van der Waals surface area contributed by atoms with E-state index in [-0.39, 0.29) is 6.61 Å². The second-order valence-electron chi connectivity index (χ2n) is 4.80. The summed E-state index contributed by atoms with van der Waals surface area (Å²) in [6.07, 6.45) is 7.39. The van der Waals surface area contributed by atoms with Crippen LogP contribution in [-0.2, 0) is 20.2 Å². The van der Waals surface area contributed by atoms with Crippen LogP contribution in [0.4, 0.5) is 0 Å². The maximum Gasteiger partial charge on any atom is 0.0712 e. The van der Waals surface area contributed by atoms with Crippen LogP contribution in [0, 0.1) is 0 Å². The molecule has 2 aromatic heterocycles. The summed E-state index contributed by atoms with van der Waals surface area (Å²) >= 11 is 0. The molecule has 0 spiro atoms. The monoisotopic (exact) mass is 268 g/mol. The summed E-state index contributed by atoms with van der Waals surface area (Å²) in [5.41, 5.74) is 4.27. The highest BCUT2D eigenvalue weighted by atomic mass is 16.3. The van der Waals surface area contributed by atoms with E-state index in [1.54, 1.807) is 10.9 Å². The second kappa shape index (κ2) is 5.30. The first-order valence-corrected chi connectivity index (χ1v) is 6.45. The Labute approximate surface area is 117 Å². The molecule has 0 saturated carbocycles. The quantitative estimate of drug-likeness (QED) is 0.785. The van der Waals surface area contributed by atoms with Gasteiger partial charge < -0.3 is 5.11 Å². The van der Waals surface area contributed by atoms with Gasteiger partial charge >= 0.3 is 0 Å². The summed E-state index contributed by atoms with van der Waals surface area (Å²) in [4.78, 5) is 0. The van der Waals surface area contributed by atoms with Gasteiger partial charge in [0.2, 0.25) is 0 Å². The standard InChI is InChI=1S/C15H16N4O/c1-18-10-15(7-16-18)14-4-2-12(3-5-14)8-19-9-13(11-20)6-17-19/h2-7,9-10,20H,8,11H2,1H3. The summed E-state index contributed by atoms with van der Waals surface area (Å²) in [5.74, 6) is 0. The topological polar surface area (TPSA) is 55.9 Å². The maximum atomic E-state index is 9.02. The van der Waals surface area contributed by atoms with E-state index in [0.717, 1.165) is 16.7 Å². The van der Waals surface area contributed by atoms with Crippen LogP contribution < -0.4 is 0 Å². The van der Waals surface area contributed by atoms with Gasteiger partial charge in [-0.2, -0.15) is 10.2 Å². The molecule has 0 aliphatic rings. The van der Waals surface area contributed by atoms with E-state index in [0.29, 0.717) is 6.54 Å². The van der Waals surface area contributed by atoms with Crippen LogP contribution in [0.15, 0.2) is 49.1 Å². The van der Waals surface area contributed by atoms with Crippen LogP contribution in [0.5, 0.6) is 0 Å². The molecule has 102 valence electrons. The summed E-state index contributed by atoms with van der Waals surface area (Å²) in [7, 11) is 1.91. The molecule has 20 heavy (non-hydrogen) atoms. The SMILES string of the molecule is Cn1cc(-c2ccc(Cn3cc(CO)cn3)cc2)cn1. The average molecular weight is 268 g/mol. The van der Waals surface area contributed by atoms with E-state index in [2.05, 4.69) is 34.5 Å². The van der Waals surface area contributed by atoms with Gasteiger partial charge in [0.05, 0.1) is 25.5 Å². The average Bonchev–Trinajstić information content (AvgIpc) is 3.09. The number of hydrogen-bond donors (Lipinski definition) is 1. The van der Waals surface area contributed by atoms with E-state index in [4.69, 9.17) is 5.11 Å². The molecule has 0 unspecified atom stereocenters. The van der Waals surface area contributed by atoms with Gasteiger partial charge in [-0.05, 0) is 11.1 Å². The predicted octanol–water partition coefficient (Wildman–Crippen LogP) is 1.82. The van der Waals surface area contributed by atoms with Gasteiger partial charge in [-0.1, -0.05) is 24.3 Å². The lowest BCUT2D eigenvalue weighted by molar-refractivity contribution is 0.281. The predicted molar refractivity (Wildman–Crippen MR) is 75.9 cm³/mol. The smallest absolute Gasteiger partial charge is 0.0712 e. The number of aliphatic hydroxyl groups is 1. The first kappa shape index (κ1) is 12.6. The van der Waals surface area contributed by atoms with E-state index in [1.807, 2.05) is 30.3 Å². The molecule has 0 aliphatic carbocycles. The van der Waals surface area contributed by atoms with Gasteiger partial charge in [0.25, 0.3) is 0 Å². The second-order valence-corrected chi connectivity index (χ2v) is 4.80. The number of aliphatic hydroxyl groups excluding tert-OH is 1. The van der Waals surface area contributed by atoms with Crippen molar-refractivity contribution in [2.24, 2.45) is 7.05 Å². The Morgan fingerprint density at radius 3 is 2.35 bits per heavy atom. The number of rotatable bonds is 4. The van der Waals surface area contributed by atoms with E-state index in [9.17, 15) is 0 Å². The molecule has 0 saturated heterocycles. The van der Waals surface area contributed by atoms with E-state index in [1.165, 1.54) is 5.56 Å². The van der Waals surface area contributed by atoms with Crippen molar-refractivity contribution in [3.8, 4) is 11.1 Å². The molecule has 0 amide bonds. The molecule has 0 atom stereocenters. The minimum absolute atomic E-state index is 0.0277. The van der Waals surface area contributed by atoms with Gasteiger partial charge in [0.1, 0.15) is 0 Å². The minimum Gasteiger partial charge on any atom is -0.392 e. The van der Waals surface area contributed by atoms with Gasteiger partial charge in [-0.15, -0.1) is 0 Å². The fraction of sp³-hybridized carbons (Fsp3) is 0.200. The van der Waals surface area contributed by atoms with Crippen LogP contribution in [0.3, 0.4) is 0 Å². The van der Waals surface area contributed by atoms with Gasteiger partial charge in [0, 0.05) is 30.6 Å². The third kappa shape index (κ3) is 2.62. The Kier molecular flexibility index (Phi) is 3.35. The molecule has 5 nitrogen and oxygen atoms in total. The zero-order valence-electron chi connectivity index (χ0n) is 11.3. The number of hydrogen-bond acceptors (Lipinski definition) is 3. The molecule has 3 rings (SSSR count). The van der Waals surface area contributed by atoms with Crippen LogP contribution in [-0.4, -0.2) is 24.7 Å². The fourth-order valence-electron chi connectivity index (χ4n) is 2.13. The zero-order valence-corrected chi connectivity index (χ0v) is 11.3. The summed E-state index contributed by atoms with van der Waals surface area (Å²) in [5, 5.41) is 17.4. The van der Waals surface area contributed by atoms with Crippen LogP contribution in [0.1, 0.15) is 11.1 Å². The van der Waals surface area contributed by atoms with E-state index < -0.39 is 0 Å². The molecular weight excluding hydrogens is 252 g/mol. The van der Waals surface area contributed by atoms with Crippen molar-refractivity contribution in [3.63, 3.8) is 0 Å². The third-order valence-corrected chi connectivity index (χ3v) is 3.21. The summed E-state index contributed by atoms with van der Waals surface area (Å²) < 4.78 is 3.62. The molecule has 1 N–H and O–H groups in total. The Morgan fingerprint density at radius 2 is 1.75 bits per heavy atom. The van der Waals surface area contributed by atoms with Crippen molar-refractivity contribution in [1.82, 2.24) is 19.6 Å². The molecule has 5 heteroatoms. The lowest BCUT2D eigenvalue weighted by Gasteiger charge is -2.03. The number of aryl methyl sites for hydroxylation is 1. The molecule has 0 bridgehead atoms. The first-order chi connectivity index (χ1) is 9.74. The highest BCUT2D eigenvalue weighted by Crippen LogP contribution is 2.19. The maximum absolute atomic E-state index is 9.02. The van der Waals surface area contributed by atoms with Crippen LogP contribution in [0.25, 0.3) is 11.1 Å². The van der Waals surface area contributed by atoms with Gasteiger partial charge in [0.15, 0.2) is 0 Å². The van der Waals surface area contributed by atoms with Gasteiger partial charge in [-0.25, -0.2) is 0 Å². The highest BCUT2D eigenvalue weighted by molar-refractivity contribution is 5.61. The van der Waals surface area contributed by atoms with Crippen molar-refractivity contribution >= 4 is 0 Å². The van der Waals surface area contributed by atoms with Gasteiger partial charge in [-0.3, -0.25) is 9.36 Å². The van der Waals surface area contributed by atoms with Crippen molar-refractivity contribution in [3.05, 3.63) is 60.2 Å². The molecule has 0 fully saturated rings. The molecule has 0 radical (unpaired) electrons. The Balaban J connectivity index is 1.76. The number of nitrogens with zero attached hydrogens (tertiary/aromatic N) is 4. The van der Waals surface area contributed by atoms with Crippen molar-refractivity contribution in [1.29, 1.82) is 0 Å². The molecule has 0 aliphatic heterocycles. The fourth-order valence-corrected chi connectivity index (χ4v) is 2.13. The Morgan fingerprint density at radius 1 is 0.950 bits per heavy atom. The van der Waals surface area contributed by atoms with Crippen molar-refractivity contribution in [2.45, 2.75) is 13.2 Å². The lowest BCUT2D eigenvalue weighted by Crippen LogP contribution is -1.99. The highest BCUT2D eigenvalue weighted by Gasteiger charge is 2.02. The molecule has 2 heterocycles. The molecule has 1 aromatic carbocycles. The van der Waals surface area contributed by atoms with Crippen LogP contribution in [0.2, 0.25) is 0 Å². The number of aromatic nitrogens is 4. The van der Waals surface area contributed by atoms with Crippen molar-refractivity contribution in [2.75, 3.05) is 0 Å². The lowest BCUT2D eigenvalue weighted by atomic mass is 10.1. The van der Waals surface area contributed by atoms with E-state index >= 15 is 0 Å². The zero-order chi connectivity index (χ0) is 13.9. The Hall–Kier alpha value is -2.40. The minimum atomic E-state index is 0.0277. The molecule has 3 aromatic rings. The summed E-state index contributed by atoms with van der Waals surface area (Å²) in [6.45, 7) is 0.729.